The van der Waals surface area contributed by atoms with E-state index >= 15 is 0 Å². The van der Waals surface area contributed by atoms with Gasteiger partial charge in [0.25, 0.3) is 0 Å². The highest BCUT2D eigenvalue weighted by Gasteiger charge is 2.11. The van der Waals surface area contributed by atoms with Gasteiger partial charge < -0.3 is 15.1 Å². The summed E-state index contributed by atoms with van der Waals surface area (Å²) >= 11 is 0. The van der Waals surface area contributed by atoms with Crippen molar-refractivity contribution >= 4 is 17.5 Å². The van der Waals surface area contributed by atoms with Crippen LogP contribution in [0, 0.1) is 0 Å². The largest absolute Gasteiger partial charge is 0.467 e. The van der Waals surface area contributed by atoms with E-state index in [4.69, 9.17) is 4.42 Å². The summed E-state index contributed by atoms with van der Waals surface area (Å²) in [5.41, 5.74) is 0.739. The standard InChI is InChI=1S/C16H19N3O3/c1-19(11-15(20)17-10-14-8-5-9-22-14)12-16(21)18-13-6-3-2-4-7-13/h2-9H,10-12H2,1H3,(H,17,20)(H,18,21). The number of benzene rings is 1. The first-order chi connectivity index (χ1) is 10.6. The molecule has 2 amide bonds. The summed E-state index contributed by atoms with van der Waals surface area (Å²) in [7, 11) is 1.72. The first-order valence-electron chi connectivity index (χ1n) is 6.96. The number of nitrogens with one attached hydrogen (secondary N) is 2. The van der Waals surface area contributed by atoms with Crippen LogP contribution in [-0.2, 0) is 16.1 Å². The van der Waals surface area contributed by atoms with E-state index in [0.29, 0.717) is 12.3 Å². The molecule has 6 heteroatoms. The molecule has 0 aliphatic heterocycles. The molecule has 1 aromatic carbocycles. The number of carbonyl (C=O) groups is 2. The fraction of sp³-hybridized carbons (Fsp3) is 0.250. The molecule has 1 heterocycles. The topological polar surface area (TPSA) is 74.6 Å². The Morgan fingerprint density at radius 2 is 1.77 bits per heavy atom. The maximum Gasteiger partial charge on any atom is 0.238 e. The van der Waals surface area contributed by atoms with Gasteiger partial charge in [-0.3, -0.25) is 14.5 Å². The predicted molar refractivity (Wildman–Crippen MR) is 83.1 cm³/mol. The second-order valence-electron chi connectivity index (χ2n) is 4.94. The minimum absolute atomic E-state index is 0.142. The summed E-state index contributed by atoms with van der Waals surface area (Å²) < 4.78 is 5.13. The highest BCUT2D eigenvalue weighted by Crippen LogP contribution is 2.04. The van der Waals surface area contributed by atoms with E-state index in [1.807, 2.05) is 30.3 Å². The van der Waals surface area contributed by atoms with Gasteiger partial charge in [0.2, 0.25) is 11.8 Å². The Kier molecular flexibility index (Phi) is 5.73. The van der Waals surface area contributed by atoms with Crippen molar-refractivity contribution in [1.82, 2.24) is 10.2 Å². The van der Waals surface area contributed by atoms with Crippen molar-refractivity contribution in [2.75, 3.05) is 25.5 Å². The number of para-hydroxylation sites is 1. The zero-order valence-electron chi connectivity index (χ0n) is 12.4. The molecule has 116 valence electrons. The van der Waals surface area contributed by atoms with Gasteiger partial charge in [0.05, 0.1) is 25.9 Å². The fourth-order valence-electron chi connectivity index (χ4n) is 1.92. The van der Waals surface area contributed by atoms with E-state index in [-0.39, 0.29) is 24.9 Å². The average Bonchev–Trinajstić information content (AvgIpc) is 2.99. The van der Waals surface area contributed by atoms with Gasteiger partial charge in [-0.2, -0.15) is 0 Å². The Morgan fingerprint density at radius 1 is 1.05 bits per heavy atom. The zero-order chi connectivity index (χ0) is 15.8. The molecule has 2 rings (SSSR count). The summed E-state index contributed by atoms with van der Waals surface area (Å²) in [5, 5.41) is 5.51. The van der Waals surface area contributed by atoms with Crippen LogP contribution in [0.1, 0.15) is 5.76 Å². The Hall–Kier alpha value is -2.60. The number of amides is 2. The summed E-state index contributed by atoms with van der Waals surface area (Å²) in [5.74, 6) is 0.372. The van der Waals surface area contributed by atoms with E-state index in [2.05, 4.69) is 10.6 Å². The fourth-order valence-corrected chi connectivity index (χ4v) is 1.92. The highest BCUT2D eigenvalue weighted by molar-refractivity contribution is 5.92. The van der Waals surface area contributed by atoms with Gasteiger partial charge >= 0.3 is 0 Å². The Balaban J connectivity index is 1.69. The van der Waals surface area contributed by atoms with E-state index < -0.39 is 0 Å². The van der Waals surface area contributed by atoms with Crippen LogP contribution >= 0.6 is 0 Å². The van der Waals surface area contributed by atoms with Gasteiger partial charge in [0.15, 0.2) is 0 Å². The van der Waals surface area contributed by atoms with Gasteiger partial charge in [-0.25, -0.2) is 0 Å². The number of carbonyl (C=O) groups excluding carboxylic acids is 2. The molecule has 0 aliphatic carbocycles. The van der Waals surface area contributed by atoms with Gasteiger partial charge in [-0.1, -0.05) is 18.2 Å². The molecule has 0 atom stereocenters. The lowest BCUT2D eigenvalue weighted by Crippen LogP contribution is -2.38. The smallest absolute Gasteiger partial charge is 0.238 e. The SMILES string of the molecule is CN(CC(=O)NCc1ccco1)CC(=O)Nc1ccccc1. The number of rotatable bonds is 7. The van der Waals surface area contributed by atoms with Crippen LogP contribution < -0.4 is 10.6 Å². The maximum absolute atomic E-state index is 11.8. The van der Waals surface area contributed by atoms with E-state index in [0.717, 1.165) is 5.69 Å². The van der Waals surface area contributed by atoms with E-state index in [1.165, 1.54) is 0 Å². The van der Waals surface area contributed by atoms with E-state index in [1.54, 1.807) is 30.3 Å². The van der Waals surface area contributed by atoms with Crippen LogP contribution in [0.5, 0.6) is 0 Å². The third-order valence-corrected chi connectivity index (χ3v) is 2.92. The normalized spacial score (nSPS) is 10.5. The molecule has 0 fully saturated rings. The molecule has 22 heavy (non-hydrogen) atoms. The summed E-state index contributed by atoms with van der Waals surface area (Å²) in [4.78, 5) is 25.3. The number of hydrogen-bond donors (Lipinski definition) is 2. The van der Waals surface area contributed by atoms with Crippen LogP contribution in [0.15, 0.2) is 53.1 Å². The van der Waals surface area contributed by atoms with Crippen molar-refractivity contribution in [3.63, 3.8) is 0 Å². The molecule has 1 aromatic heterocycles. The van der Waals surface area contributed by atoms with Crippen molar-refractivity contribution in [2.24, 2.45) is 0 Å². The lowest BCUT2D eigenvalue weighted by Gasteiger charge is -2.15. The third-order valence-electron chi connectivity index (χ3n) is 2.92. The van der Waals surface area contributed by atoms with Crippen LogP contribution in [0.2, 0.25) is 0 Å². The van der Waals surface area contributed by atoms with Crippen LogP contribution in [0.4, 0.5) is 5.69 Å². The highest BCUT2D eigenvalue weighted by atomic mass is 16.3. The van der Waals surface area contributed by atoms with Crippen LogP contribution in [0.3, 0.4) is 0 Å². The molecule has 6 nitrogen and oxygen atoms in total. The second-order valence-corrected chi connectivity index (χ2v) is 4.94. The van der Waals surface area contributed by atoms with E-state index in [9.17, 15) is 9.59 Å². The van der Waals surface area contributed by atoms with Gasteiger partial charge in [-0.05, 0) is 31.3 Å². The number of nitrogens with zero attached hydrogens (tertiary/aromatic N) is 1. The molecule has 0 aliphatic rings. The molecule has 2 aromatic rings. The molecule has 0 bridgehead atoms. The number of likely N-dealkylation sites (N-methyl/N-ethyl adjacent to an activating group) is 1. The Morgan fingerprint density at radius 3 is 2.45 bits per heavy atom. The minimum atomic E-state index is -0.161. The minimum Gasteiger partial charge on any atom is -0.467 e. The first-order valence-corrected chi connectivity index (χ1v) is 6.96. The molecule has 0 saturated carbocycles. The van der Waals surface area contributed by atoms with Crippen molar-refractivity contribution < 1.29 is 14.0 Å². The summed E-state index contributed by atoms with van der Waals surface area (Å²) in [6.45, 7) is 0.627. The first kappa shape index (κ1) is 15.8. The monoisotopic (exact) mass is 301 g/mol. The van der Waals surface area contributed by atoms with Crippen LogP contribution in [0.25, 0.3) is 0 Å². The number of hydrogen-bond acceptors (Lipinski definition) is 4. The second kappa shape index (κ2) is 7.99. The summed E-state index contributed by atoms with van der Waals surface area (Å²) in [6, 6.07) is 12.8. The molecule has 0 spiro atoms. The van der Waals surface area contributed by atoms with Crippen molar-refractivity contribution in [3.05, 3.63) is 54.5 Å². The molecule has 0 unspecified atom stereocenters. The van der Waals surface area contributed by atoms with Crippen molar-refractivity contribution in [1.29, 1.82) is 0 Å². The molecular formula is C16H19N3O3. The summed E-state index contributed by atoms with van der Waals surface area (Å²) in [6.07, 6.45) is 1.56. The average molecular weight is 301 g/mol. The van der Waals surface area contributed by atoms with Gasteiger partial charge in [0, 0.05) is 5.69 Å². The lowest BCUT2D eigenvalue weighted by atomic mass is 10.3. The van der Waals surface area contributed by atoms with Crippen molar-refractivity contribution in [3.8, 4) is 0 Å². The Bertz CT molecular complexity index is 596. The van der Waals surface area contributed by atoms with Crippen molar-refractivity contribution in [2.45, 2.75) is 6.54 Å². The molecule has 2 N–H and O–H groups in total. The third kappa shape index (κ3) is 5.41. The zero-order valence-corrected chi connectivity index (χ0v) is 12.4. The molecule has 0 saturated heterocycles. The number of furan rings is 1. The lowest BCUT2D eigenvalue weighted by molar-refractivity contribution is -0.123. The quantitative estimate of drug-likeness (QED) is 0.812. The molecule has 0 radical (unpaired) electrons. The van der Waals surface area contributed by atoms with Gasteiger partial charge in [0.1, 0.15) is 5.76 Å². The Labute approximate surface area is 129 Å². The number of anilines is 1. The van der Waals surface area contributed by atoms with Gasteiger partial charge in [-0.15, -0.1) is 0 Å². The molecular weight excluding hydrogens is 282 g/mol. The van der Waals surface area contributed by atoms with Crippen LogP contribution in [-0.4, -0.2) is 36.9 Å². The maximum atomic E-state index is 11.8. The predicted octanol–water partition coefficient (Wildman–Crippen LogP) is 1.47.